The Morgan fingerprint density at radius 1 is 1.20 bits per heavy atom. The van der Waals surface area contributed by atoms with E-state index in [0.717, 1.165) is 16.1 Å². The van der Waals surface area contributed by atoms with Crippen molar-refractivity contribution in [2.75, 3.05) is 0 Å². The zero-order valence-corrected chi connectivity index (χ0v) is 12.3. The molecule has 0 bridgehead atoms. The molecule has 1 aromatic carbocycles. The van der Waals surface area contributed by atoms with Gasteiger partial charge in [-0.3, -0.25) is 4.79 Å². The first kappa shape index (κ1) is 13.1. The number of carbonyl (C=O) groups excluding carboxylic acids is 1. The summed E-state index contributed by atoms with van der Waals surface area (Å²) in [5.74, 6) is 0.0275. The van der Waals surface area contributed by atoms with E-state index in [9.17, 15) is 4.79 Å². The van der Waals surface area contributed by atoms with Crippen LogP contribution in [0.4, 0.5) is 5.69 Å². The van der Waals surface area contributed by atoms with Gasteiger partial charge in [0.25, 0.3) is 5.91 Å². The number of aliphatic imine (C=N–C) groups is 1. The Balaban J connectivity index is 2.14. The summed E-state index contributed by atoms with van der Waals surface area (Å²) in [6.07, 6.45) is 0. The number of hydrogen-bond donors (Lipinski definition) is 1. The third-order valence-electron chi connectivity index (χ3n) is 3.37. The number of para-hydroxylation sites is 1. The normalized spacial score (nSPS) is 18.2. The SMILES string of the molecule is CC(C)C1=Nc2ccccc2C(c2cccs2)NC1=O. The standard InChI is InChI=1S/C16H16N2OS/c1-10(2)14-16(19)18-15(13-8-5-9-20-13)11-6-3-4-7-12(11)17-14/h3-10,15H,1-2H3,(H,18,19). The fourth-order valence-corrected chi connectivity index (χ4v) is 3.16. The molecular weight excluding hydrogens is 268 g/mol. The van der Waals surface area contributed by atoms with Gasteiger partial charge in [0, 0.05) is 16.4 Å². The quantitative estimate of drug-likeness (QED) is 0.897. The number of rotatable bonds is 2. The second-order valence-electron chi connectivity index (χ2n) is 5.13. The summed E-state index contributed by atoms with van der Waals surface area (Å²) in [5, 5.41) is 5.14. The Bertz CT molecular complexity index is 659. The Morgan fingerprint density at radius 3 is 2.70 bits per heavy atom. The molecule has 1 aliphatic heterocycles. The Morgan fingerprint density at radius 2 is 2.00 bits per heavy atom. The maximum absolute atomic E-state index is 12.4. The maximum atomic E-state index is 12.4. The topological polar surface area (TPSA) is 41.5 Å². The van der Waals surface area contributed by atoms with Crippen molar-refractivity contribution in [3.63, 3.8) is 0 Å². The highest BCUT2D eigenvalue weighted by Gasteiger charge is 2.27. The lowest BCUT2D eigenvalue weighted by Crippen LogP contribution is -2.35. The zero-order chi connectivity index (χ0) is 14.1. The molecule has 3 rings (SSSR count). The van der Waals surface area contributed by atoms with Gasteiger partial charge in [-0.15, -0.1) is 11.3 Å². The highest BCUT2D eigenvalue weighted by molar-refractivity contribution is 7.10. The predicted molar refractivity (Wildman–Crippen MR) is 82.7 cm³/mol. The number of nitrogens with one attached hydrogen (secondary N) is 1. The third-order valence-corrected chi connectivity index (χ3v) is 4.31. The summed E-state index contributed by atoms with van der Waals surface area (Å²) in [6, 6.07) is 11.9. The first-order chi connectivity index (χ1) is 9.66. The Kier molecular flexibility index (Phi) is 3.40. The lowest BCUT2D eigenvalue weighted by Gasteiger charge is -2.17. The van der Waals surface area contributed by atoms with Crippen LogP contribution < -0.4 is 5.32 Å². The van der Waals surface area contributed by atoms with Gasteiger partial charge in [0.05, 0.1) is 11.7 Å². The average molecular weight is 284 g/mol. The summed E-state index contributed by atoms with van der Waals surface area (Å²) in [5.41, 5.74) is 2.53. The second kappa shape index (κ2) is 5.21. The number of amides is 1. The van der Waals surface area contributed by atoms with Crippen molar-refractivity contribution in [3.8, 4) is 0 Å². The second-order valence-corrected chi connectivity index (χ2v) is 6.11. The van der Waals surface area contributed by atoms with Gasteiger partial charge < -0.3 is 5.32 Å². The van der Waals surface area contributed by atoms with Gasteiger partial charge >= 0.3 is 0 Å². The minimum absolute atomic E-state index is 0.0744. The highest BCUT2D eigenvalue weighted by Crippen LogP contribution is 2.34. The van der Waals surface area contributed by atoms with Gasteiger partial charge in [0.1, 0.15) is 5.71 Å². The smallest absolute Gasteiger partial charge is 0.266 e. The molecule has 20 heavy (non-hydrogen) atoms. The third kappa shape index (κ3) is 2.27. The molecule has 1 unspecified atom stereocenters. The minimum atomic E-state index is -0.112. The van der Waals surface area contributed by atoms with Crippen LogP contribution in [-0.4, -0.2) is 11.6 Å². The molecule has 0 fully saturated rings. The molecule has 0 aliphatic carbocycles. The molecule has 102 valence electrons. The van der Waals surface area contributed by atoms with Crippen LogP contribution in [0.25, 0.3) is 0 Å². The van der Waals surface area contributed by atoms with E-state index in [1.54, 1.807) is 11.3 Å². The van der Waals surface area contributed by atoms with Crippen LogP contribution in [0.3, 0.4) is 0 Å². The number of hydrogen-bond acceptors (Lipinski definition) is 3. The molecule has 1 N–H and O–H groups in total. The van der Waals surface area contributed by atoms with Crippen LogP contribution in [0.2, 0.25) is 0 Å². The number of nitrogens with zero attached hydrogens (tertiary/aromatic N) is 1. The van der Waals surface area contributed by atoms with E-state index in [1.807, 2.05) is 55.6 Å². The van der Waals surface area contributed by atoms with Crippen LogP contribution in [-0.2, 0) is 4.79 Å². The summed E-state index contributed by atoms with van der Waals surface area (Å²) in [6.45, 7) is 3.99. The van der Waals surface area contributed by atoms with Crippen molar-refractivity contribution < 1.29 is 4.79 Å². The summed E-state index contributed by atoms with van der Waals surface area (Å²) < 4.78 is 0. The molecule has 0 saturated heterocycles. The van der Waals surface area contributed by atoms with E-state index >= 15 is 0 Å². The van der Waals surface area contributed by atoms with Crippen molar-refractivity contribution in [3.05, 3.63) is 52.2 Å². The summed E-state index contributed by atoms with van der Waals surface area (Å²) in [4.78, 5) is 18.1. The van der Waals surface area contributed by atoms with Gasteiger partial charge in [0.15, 0.2) is 0 Å². The number of carbonyl (C=O) groups is 1. The minimum Gasteiger partial charge on any atom is -0.339 e. The molecule has 3 nitrogen and oxygen atoms in total. The van der Waals surface area contributed by atoms with Gasteiger partial charge in [-0.2, -0.15) is 0 Å². The van der Waals surface area contributed by atoms with Crippen molar-refractivity contribution >= 4 is 28.6 Å². The molecule has 1 amide bonds. The molecule has 2 aromatic rings. The molecule has 4 heteroatoms. The van der Waals surface area contributed by atoms with E-state index in [-0.39, 0.29) is 17.9 Å². The number of thiophene rings is 1. The maximum Gasteiger partial charge on any atom is 0.266 e. The lowest BCUT2D eigenvalue weighted by atomic mass is 10.0. The monoisotopic (exact) mass is 284 g/mol. The molecular formula is C16H16N2OS. The van der Waals surface area contributed by atoms with Crippen LogP contribution in [0.15, 0.2) is 46.8 Å². The lowest BCUT2D eigenvalue weighted by molar-refractivity contribution is -0.115. The summed E-state index contributed by atoms with van der Waals surface area (Å²) in [7, 11) is 0. The summed E-state index contributed by atoms with van der Waals surface area (Å²) >= 11 is 1.65. The van der Waals surface area contributed by atoms with E-state index in [4.69, 9.17) is 0 Å². The van der Waals surface area contributed by atoms with Crippen LogP contribution in [0.5, 0.6) is 0 Å². The predicted octanol–water partition coefficient (Wildman–Crippen LogP) is 3.70. The van der Waals surface area contributed by atoms with Crippen LogP contribution in [0.1, 0.15) is 30.3 Å². The first-order valence-corrected chi connectivity index (χ1v) is 7.56. The van der Waals surface area contributed by atoms with E-state index in [0.29, 0.717) is 5.71 Å². The van der Waals surface area contributed by atoms with E-state index in [2.05, 4.69) is 10.3 Å². The molecule has 1 atom stereocenters. The molecule has 2 heterocycles. The fraction of sp³-hybridized carbons (Fsp3) is 0.250. The molecule has 0 spiro atoms. The van der Waals surface area contributed by atoms with Gasteiger partial charge in [-0.25, -0.2) is 4.99 Å². The fourth-order valence-electron chi connectivity index (χ4n) is 2.37. The molecule has 0 saturated carbocycles. The van der Waals surface area contributed by atoms with Gasteiger partial charge in [-0.1, -0.05) is 38.1 Å². The van der Waals surface area contributed by atoms with Crippen molar-refractivity contribution in [2.24, 2.45) is 10.9 Å². The van der Waals surface area contributed by atoms with Crippen molar-refractivity contribution in [1.29, 1.82) is 0 Å². The van der Waals surface area contributed by atoms with Crippen molar-refractivity contribution in [2.45, 2.75) is 19.9 Å². The first-order valence-electron chi connectivity index (χ1n) is 6.68. The van der Waals surface area contributed by atoms with Crippen molar-refractivity contribution in [1.82, 2.24) is 5.32 Å². The highest BCUT2D eigenvalue weighted by atomic mass is 32.1. The zero-order valence-electron chi connectivity index (χ0n) is 11.5. The largest absolute Gasteiger partial charge is 0.339 e. The van der Waals surface area contributed by atoms with Gasteiger partial charge in [0.2, 0.25) is 0 Å². The molecule has 0 radical (unpaired) electrons. The van der Waals surface area contributed by atoms with Crippen LogP contribution >= 0.6 is 11.3 Å². The van der Waals surface area contributed by atoms with E-state index in [1.165, 1.54) is 0 Å². The Hall–Kier alpha value is -1.94. The number of fused-ring (bicyclic) bond motifs is 1. The number of benzene rings is 1. The molecule has 1 aromatic heterocycles. The van der Waals surface area contributed by atoms with Crippen LogP contribution in [0, 0.1) is 5.92 Å². The Labute approximate surface area is 122 Å². The van der Waals surface area contributed by atoms with E-state index < -0.39 is 0 Å². The molecule has 1 aliphatic rings. The average Bonchev–Trinajstić information content (AvgIpc) is 2.91. The van der Waals surface area contributed by atoms with Gasteiger partial charge in [-0.05, 0) is 17.5 Å².